The minimum absolute atomic E-state index is 0.185. The van der Waals surface area contributed by atoms with Crippen molar-refractivity contribution in [3.05, 3.63) is 38.5 Å². The molecule has 0 amide bonds. The van der Waals surface area contributed by atoms with Crippen molar-refractivity contribution < 1.29 is 14.6 Å². The first-order valence-electron chi connectivity index (χ1n) is 5.95. The molecule has 0 aliphatic rings. The number of hydrogen-bond acceptors (Lipinski definition) is 4. The summed E-state index contributed by atoms with van der Waals surface area (Å²) in [4.78, 5) is 11.1. The van der Waals surface area contributed by atoms with E-state index in [0.29, 0.717) is 18.0 Å². The number of rotatable bonds is 5. The van der Waals surface area contributed by atoms with Crippen LogP contribution in [0, 0.1) is 0 Å². The quantitative estimate of drug-likeness (QED) is 0.779. The predicted octanol–water partition coefficient (Wildman–Crippen LogP) is 3.26. The van der Waals surface area contributed by atoms with Crippen LogP contribution in [0.1, 0.15) is 16.1 Å². The van der Waals surface area contributed by atoms with Gasteiger partial charge in [0.05, 0.1) is 35.7 Å². The summed E-state index contributed by atoms with van der Waals surface area (Å²) in [5.74, 6) is -0.309. The number of ether oxygens (including phenoxy) is 1. The number of halogens is 2. The summed E-state index contributed by atoms with van der Waals surface area (Å²) in [5.41, 5.74) is 1.58. The largest absolute Gasteiger partial charge is 0.495 e. The lowest BCUT2D eigenvalue weighted by atomic mass is 10.2. The van der Waals surface area contributed by atoms with Gasteiger partial charge in [-0.15, -0.1) is 0 Å². The molecule has 0 radical (unpaired) electrons. The van der Waals surface area contributed by atoms with Crippen molar-refractivity contribution >= 4 is 43.5 Å². The standard InChI is InChI=1S/C13H13Br2N3O3/c1-18-11(7(5-17-18)13(19)20)6-16-10-4-12(21-2)9(15)3-8(10)14/h3-5,16H,6H2,1-2H3,(H,19,20). The molecule has 112 valence electrons. The average Bonchev–Trinajstić information content (AvgIpc) is 2.79. The predicted molar refractivity (Wildman–Crippen MR) is 85.9 cm³/mol. The maximum Gasteiger partial charge on any atom is 0.339 e. The van der Waals surface area contributed by atoms with Gasteiger partial charge in [-0.25, -0.2) is 4.79 Å². The van der Waals surface area contributed by atoms with Crippen molar-refractivity contribution in [2.45, 2.75) is 6.54 Å². The van der Waals surface area contributed by atoms with E-state index in [4.69, 9.17) is 9.84 Å². The molecular formula is C13H13Br2N3O3. The average molecular weight is 419 g/mol. The molecule has 6 nitrogen and oxygen atoms in total. The maximum absolute atomic E-state index is 11.1. The first-order valence-corrected chi connectivity index (χ1v) is 7.53. The molecule has 1 aromatic carbocycles. The van der Waals surface area contributed by atoms with Gasteiger partial charge in [-0.2, -0.15) is 5.10 Å². The Morgan fingerprint density at radius 2 is 2.14 bits per heavy atom. The fourth-order valence-electron chi connectivity index (χ4n) is 1.85. The lowest BCUT2D eigenvalue weighted by molar-refractivity contribution is 0.0695. The summed E-state index contributed by atoms with van der Waals surface area (Å²) < 4.78 is 8.46. The summed E-state index contributed by atoms with van der Waals surface area (Å²) in [6.07, 6.45) is 1.34. The molecule has 0 spiro atoms. The van der Waals surface area contributed by atoms with E-state index in [9.17, 15) is 4.79 Å². The van der Waals surface area contributed by atoms with E-state index >= 15 is 0 Å². The lowest BCUT2D eigenvalue weighted by Crippen LogP contribution is -2.10. The van der Waals surface area contributed by atoms with Crippen LogP contribution in [0.4, 0.5) is 5.69 Å². The van der Waals surface area contributed by atoms with Crippen molar-refractivity contribution in [3.63, 3.8) is 0 Å². The number of aryl methyl sites for hydroxylation is 1. The number of anilines is 1. The highest BCUT2D eigenvalue weighted by Crippen LogP contribution is 2.34. The molecule has 2 rings (SSSR count). The van der Waals surface area contributed by atoms with Crippen LogP contribution in [0.2, 0.25) is 0 Å². The van der Waals surface area contributed by atoms with Gasteiger partial charge in [0.25, 0.3) is 0 Å². The fraction of sp³-hybridized carbons (Fsp3) is 0.231. The number of methoxy groups -OCH3 is 1. The van der Waals surface area contributed by atoms with Gasteiger partial charge in [0.15, 0.2) is 0 Å². The lowest BCUT2D eigenvalue weighted by Gasteiger charge is -2.12. The Morgan fingerprint density at radius 3 is 2.76 bits per heavy atom. The molecule has 8 heteroatoms. The number of aromatic nitrogens is 2. The number of aromatic carboxylic acids is 1. The van der Waals surface area contributed by atoms with Crippen molar-refractivity contribution in [2.75, 3.05) is 12.4 Å². The molecule has 0 unspecified atom stereocenters. The van der Waals surface area contributed by atoms with Crippen LogP contribution in [-0.4, -0.2) is 28.0 Å². The molecule has 0 fully saturated rings. The van der Waals surface area contributed by atoms with Gasteiger partial charge in [0, 0.05) is 17.6 Å². The number of benzene rings is 1. The van der Waals surface area contributed by atoms with E-state index in [1.165, 1.54) is 6.20 Å². The molecule has 0 saturated carbocycles. The molecular weight excluding hydrogens is 406 g/mol. The molecule has 2 aromatic rings. The van der Waals surface area contributed by atoms with Crippen LogP contribution in [0.25, 0.3) is 0 Å². The summed E-state index contributed by atoms with van der Waals surface area (Å²) >= 11 is 6.85. The summed E-state index contributed by atoms with van der Waals surface area (Å²) in [7, 11) is 3.29. The molecule has 1 heterocycles. The van der Waals surface area contributed by atoms with Crippen LogP contribution in [0.15, 0.2) is 27.3 Å². The number of carboxylic acids is 1. The van der Waals surface area contributed by atoms with Crippen molar-refractivity contribution in [2.24, 2.45) is 7.05 Å². The van der Waals surface area contributed by atoms with Crippen LogP contribution < -0.4 is 10.1 Å². The zero-order chi connectivity index (χ0) is 15.6. The third-order valence-electron chi connectivity index (χ3n) is 2.98. The Morgan fingerprint density at radius 1 is 1.43 bits per heavy atom. The fourth-order valence-corrected chi connectivity index (χ4v) is 3.15. The number of nitrogens with one attached hydrogen (secondary N) is 1. The van der Waals surface area contributed by atoms with Gasteiger partial charge < -0.3 is 15.2 Å². The van der Waals surface area contributed by atoms with E-state index in [1.807, 2.05) is 12.1 Å². The van der Waals surface area contributed by atoms with Crippen molar-refractivity contribution in [3.8, 4) is 5.75 Å². The second-order valence-corrected chi connectivity index (χ2v) is 5.96. The van der Waals surface area contributed by atoms with Crippen LogP contribution >= 0.6 is 31.9 Å². The molecule has 21 heavy (non-hydrogen) atoms. The van der Waals surface area contributed by atoms with Gasteiger partial charge in [-0.1, -0.05) is 0 Å². The Bertz CT molecular complexity index is 686. The van der Waals surface area contributed by atoms with Crippen molar-refractivity contribution in [1.29, 1.82) is 0 Å². The van der Waals surface area contributed by atoms with Gasteiger partial charge >= 0.3 is 5.97 Å². The third-order valence-corrected chi connectivity index (χ3v) is 4.26. The normalized spacial score (nSPS) is 10.5. The second kappa shape index (κ2) is 6.48. The number of nitrogens with zero attached hydrogens (tertiary/aromatic N) is 2. The molecule has 0 aliphatic heterocycles. The molecule has 2 N–H and O–H groups in total. The number of hydrogen-bond donors (Lipinski definition) is 2. The summed E-state index contributed by atoms with van der Waals surface area (Å²) in [6, 6.07) is 3.69. The second-order valence-electron chi connectivity index (χ2n) is 4.25. The minimum atomic E-state index is -0.993. The first-order chi connectivity index (χ1) is 9.93. The van der Waals surface area contributed by atoms with E-state index < -0.39 is 5.97 Å². The molecule has 0 aliphatic carbocycles. The van der Waals surface area contributed by atoms with E-state index in [2.05, 4.69) is 42.3 Å². The topological polar surface area (TPSA) is 76.4 Å². The monoisotopic (exact) mass is 417 g/mol. The Kier molecular flexibility index (Phi) is 4.89. The highest BCUT2D eigenvalue weighted by Gasteiger charge is 2.15. The minimum Gasteiger partial charge on any atom is -0.495 e. The van der Waals surface area contributed by atoms with Crippen LogP contribution in [0.3, 0.4) is 0 Å². The van der Waals surface area contributed by atoms with E-state index in [-0.39, 0.29) is 5.56 Å². The highest BCUT2D eigenvalue weighted by atomic mass is 79.9. The van der Waals surface area contributed by atoms with Crippen LogP contribution in [-0.2, 0) is 13.6 Å². The summed E-state index contributed by atoms with van der Waals surface area (Å²) in [5, 5.41) is 16.3. The smallest absolute Gasteiger partial charge is 0.339 e. The number of carboxylic acid groups (broad SMARTS) is 1. The van der Waals surface area contributed by atoms with Gasteiger partial charge in [0.1, 0.15) is 11.3 Å². The van der Waals surface area contributed by atoms with Crippen LogP contribution in [0.5, 0.6) is 5.75 Å². The highest BCUT2D eigenvalue weighted by molar-refractivity contribution is 9.11. The zero-order valence-electron chi connectivity index (χ0n) is 11.4. The van der Waals surface area contributed by atoms with Gasteiger partial charge in [0.2, 0.25) is 0 Å². The zero-order valence-corrected chi connectivity index (χ0v) is 14.5. The van der Waals surface area contributed by atoms with Gasteiger partial charge in [-0.05, 0) is 37.9 Å². The Hall–Kier alpha value is -1.54. The Balaban J connectivity index is 2.25. The first kappa shape index (κ1) is 15.8. The molecule has 1 aromatic heterocycles. The Labute approximate surface area is 138 Å². The van der Waals surface area contributed by atoms with E-state index in [1.54, 1.807) is 18.8 Å². The maximum atomic E-state index is 11.1. The van der Waals surface area contributed by atoms with E-state index in [0.717, 1.165) is 14.6 Å². The third kappa shape index (κ3) is 3.38. The molecule has 0 atom stereocenters. The van der Waals surface area contributed by atoms with Crippen molar-refractivity contribution in [1.82, 2.24) is 9.78 Å². The summed E-state index contributed by atoms with van der Waals surface area (Å²) in [6.45, 7) is 0.335. The molecule has 0 saturated heterocycles. The van der Waals surface area contributed by atoms with Gasteiger partial charge in [-0.3, -0.25) is 4.68 Å². The number of carbonyl (C=O) groups is 1. The molecule has 0 bridgehead atoms. The SMILES string of the molecule is COc1cc(NCc2c(C(=O)O)cnn2C)c(Br)cc1Br.